The van der Waals surface area contributed by atoms with Crippen molar-refractivity contribution in [1.29, 1.82) is 0 Å². The number of sulfonamides is 1. The SMILES string of the molecule is Cc1ccc2nc(-c3ccc(NC(=O)C4=CC=CN5CCS(=O)(=O)N=C45)cc3)sc2c1. The molecule has 1 aromatic heterocycles. The highest BCUT2D eigenvalue weighted by atomic mass is 32.2. The van der Waals surface area contributed by atoms with Gasteiger partial charge in [-0.05, 0) is 61.0 Å². The van der Waals surface area contributed by atoms with Gasteiger partial charge >= 0.3 is 0 Å². The summed E-state index contributed by atoms with van der Waals surface area (Å²) >= 11 is 1.63. The van der Waals surface area contributed by atoms with Gasteiger partial charge in [-0.3, -0.25) is 4.79 Å². The lowest BCUT2D eigenvalue weighted by atomic mass is 10.1. The first-order valence-electron chi connectivity index (χ1n) is 9.65. The van der Waals surface area contributed by atoms with E-state index >= 15 is 0 Å². The normalized spacial score (nSPS) is 17.1. The van der Waals surface area contributed by atoms with E-state index in [1.165, 1.54) is 5.56 Å². The molecular weight excluding hydrogens is 432 g/mol. The fourth-order valence-corrected chi connectivity index (χ4v) is 5.50. The Hall–Kier alpha value is -3.30. The number of hydrogen-bond donors (Lipinski definition) is 1. The van der Waals surface area contributed by atoms with E-state index in [0.29, 0.717) is 5.69 Å². The highest BCUT2D eigenvalue weighted by Crippen LogP contribution is 2.31. The molecule has 3 heterocycles. The molecule has 31 heavy (non-hydrogen) atoms. The molecule has 1 amide bonds. The Morgan fingerprint density at radius 3 is 2.77 bits per heavy atom. The number of nitrogens with one attached hydrogen (secondary N) is 1. The van der Waals surface area contributed by atoms with Crippen molar-refractivity contribution >= 4 is 49.0 Å². The van der Waals surface area contributed by atoms with Crippen molar-refractivity contribution in [2.45, 2.75) is 6.92 Å². The molecule has 0 radical (unpaired) electrons. The minimum atomic E-state index is -3.56. The largest absolute Gasteiger partial charge is 0.331 e. The average molecular weight is 451 g/mol. The summed E-state index contributed by atoms with van der Waals surface area (Å²) in [6.07, 6.45) is 5.01. The molecule has 7 nitrogen and oxygen atoms in total. The maximum absolute atomic E-state index is 12.8. The first-order valence-corrected chi connectivity index (χ1v) is 12.1. The van der Waals surface area contributed by atoms with Crippen molar-refractivity contribution in [2.24, 2.45) is 4.40 Å². The van der Waals surface area contributed by atoms with E-state index in [4.69, 9.17) is 0 Å². The van der Waals surface area contributed by atoms with Gasteiger partial charge in [-0.25, -0.2) is 13.4 Å². The Balaban J connectivity index is 1.37. The van der Waals surface area contributed by atoms with Gasteiger partial charge in [0.05, 0.1) is 21.5 Å². The molecule has 5 rings (SSSR count). The van der Waals surface area contributed by atoms with Crippen LogP contribution in [-0.4, -0.2) is 42.3 Å². The fraction of sp³-hybridized carbons (Fsp3) is 0.136. The zero-order chi connectivity index (χ0) is 21.6. The number of fused-ring (bicyclic) bond motifs is 2. The standard InChI is InChI=1S/C22H18N4O3S2/c1-14-4-9-18-19(13-14)30-22(24-18)15-5-7-16(8-6-15)23-21(27)17-3-2-10-26-11-12-31(28,29)25-20(17)26/h2-10,13H,11-12H2,1H3,(H,23,27). The second kappa shape index (κ2) is 7.44. The number of thiazole rings is 1. The highest BCUT2D eigenvalue weighted by molar-refractivity contribution is 7.90. The van der Waals surface area contributed by atoms with Crippen LogP contribution in [0.4, 0.5) is 5.69 Å². The van der Waals surface area contributed by atoms with Crippen LogP contribution < -0.4 is 5.32 Å². The molecule has 0 bridgehead atoms. The van der Waals surface area contributed by atoms with Crippen molar-refractivity contribution < 1.29 is 13.2 Å². The topological polar surface area (TPSA) is 91.7 Å². The molecule has 0 saturated heterocycles. The number of allylic oxidation sites excluding steroid dienone is 2. The van der Waals surface area contributed by atoms with E-state index in [2.05, 4.69) is 27.7 Å². The summed E-state index contributed by atoms with van der Waals surface area (Å²) in [7, 11) is -3.56. The van der Waals surface area contributed by atoms with Gasteiger partial charge in [-0.15, -0.1) is 15.7 Å². The van der Waals surface area contributed by atoms with Crippen LogP contribution in [-0.2, 0) is 14.8 Å². The molecule has 156 valence electrons. The van der Waals surface area contributed by atoms with Gasteiger partial charge in [0, 0.05) is 24.0 Å². The minimum absolute atomic E-state index is 0.0669. The lowest BCUT2D eigenvalue weighted by Gasteiger charge is -2.28. The summed E-state index contributed by atoms with van der Waals surface area (Å²) in [5.41, 5.74) is 3.95. The highest BCUT2D eigenvalue weighted by Gasteiger charge is 2.29. The Bertz CT molecular complexity index is 1400. The van der Waals surface area contributed by atoms with Crippen LogP contribution in [0.1, 0.15) is 5.56 Å². The predicted octanol–water partition coefficient (Wildman–Crippen LogP) is 3.71. The number of nitrogens with zero attached hydrogens (tertiary/aromatic N) is 3. The van der Waals surface area contributed by atoms with Gasteiger partial charge < -0.3 is 10.2 Å². The Kier molecular flexibility index (Phi) is 4.71. The molecule has 0 unspecified atom stereocenters. The van der Waals surface area contributed by atoms with Crippen LogP contribution in [0.15, 0.2) is 70.8 Å². The number of rotatable bonds is 3. The van der Waals surface area contributed by atoms with Crippen LogP contribution in [0.2, 0.25) is 0 Å². The molecule has 3 aromatic rings. The molecule has 2 aliphatic heterocycles. The molecule has 9 heteroatoms. The number of carbonyl (C=O) groups excluding carboxylic acids is 1. The van der Waals surface area contributed by atoms with Crippen molar-refractivity contribution in [2.75, 3.05) is 17.6 Å². The summed E-state index contributed by atoms with van der Waals surface area (Å²) in [5.74, 6) is -0.316. The van der Waals surface area contributed by atoms with E-state index in [1.807, 2.05) is 24.3 Å². The second-order valence-corrected chi connectivity index (χ2v) is 10.1. The fourth-order valence-electron chi connectivity index (χ4n) is 3.44. The first kappa shape index (κ1) is 19.7. The van der Waals surface area contributed by atoms with E-state index in [0.717, 1.165) is 20.8 Å². The van der Waals surface area contributed by atoms with Crippen LogP contribution >= 0.6 is 11.3 Å². The van der Waals surface area contributed by atoms with E-state index < -0.39 is 15.9 Å². The minimum Gasteiger partial charge on any atom is -0.331 e. The number of aryl methyl sites for hydroxylation is 1. The number of amides is 1. The van der Waals surface area contributed by atoms with Crippen LogP contribution in [0.5, 0.6) is 0 Å². The number of carbonyl (C=O) groups is 1. The molecule has 1 N–H and O–H groups in total. The first-order chi connectivity index (χ1) is 14.9. The third kappa shape index (κ3) is 3.89. The Morgan fingerprint density at radius 1 is 1.16 bits per heavy atom. The van der Waals surface area contributed by atoms with Gasteiger partial charge in [0.2, 0.25) is 0 Å². The van der Waals surface area contributed by atoms with Crippen molar-refractivity contribution in [1.82, 2.24) is 9.88 Å². The van der Waals surface area contributed by atoms with E-state index in [-0.39, 0.29) is 23.7 Å². The van der Waals surface area contributed by atoms with Crippen LogP contribution in [0.3, 0.4) is 0 Å². The summed E-state index contributed by atoms with van der Waals surface area (Å²) in [6, 6.07) is 13.6. The lowest BCUT2D eigenvalue weighted by Crippen LogP contribution is -2.40. The molecule has 0 aliphatic carbocycles. The van der Waals surface area contributed by atoms with Crippen LogP contribution in [0, 0.1) is 6.92 Å². The maximum atomic E-state index is 12.8. The number of amidine groups is 1. The van der Waals surface area contributed by atoms with Crippen LogP contribution in [0.25, 0.3) is 20.8 Å². The maximum Gasteiger partial charge on any atom is 0.259 e. The summed E-state index contributed by atoms with van der Waals surface area (Å²) in [4.78, 5) is 19.2. The number of anilines is 1. The van der Waals surface area contributed by atoms with E-state index in [1.54, 1.807) is 46.7 Å². The van der Waals surface area contributed by atoms with Gasteiger partial charge in [-0.1, -0.05) is 6.07 Å². The molecule has 0 saturated carbocycles. The zero-order valence-corrected chi connectivity index (χ0v) is 18.2. The molecule has 0 spiro atoms. The second-order valence-electron chi connectivity index (χ2n) is 7.34. The predicted molar refractivity (Wildman–Crippen MR) is 124 cm³/mol. The summed E-state index contributed by atoms with van der Waals surface area (Å²) in [6.45, 7) is 2.33. The quantitative estimate of drug-likeness (QED) is 0.657. The average Bonchev–Trinajstić information content (AvgIpc) is 3.16. The molecular formula is C22H18N4O3S2. The molecule has 2 aliphatic rings. The van der Waals surface area contributed by atoms with Gasteiger partial charge in [0.1, 0.15) is 5.01 Å². The number of hydrogen-bond acceptors (Lipinski definition) is 6. The van der Waals surface area contributed by atoms with Gasteiger partial charge in [0.25, 0.3) is 15.9 Å². The van der Waals surface area contributed by atoms with Gasteiger partial charge in [-0.2, -0.15) is 0 Å². The Morgan fingerprint density at radius 2 is 1.97 bits per heavy atom. The van der Waals surface area contributed by atoms with Gasteiger partial charge in [0.15, 0.2) is 5.84 Å². The molecule has 0 fully saturated rings. The number of benzene rings is 2. The third-order valence-corrected chi connectivity index (χ3v) is 7.25. The van der Waals surface area contributed by atoms with E-state index in [9.17, 15) is 13.2 Å². The molecule has 0 atom stereocenters. The molecule has 2 aromatic carbocycles. The summed E-state index contributed by atoms with van der Waals surface area (Å²) < 4.78 is 28.7. The lowest BCUT2D eigenvalue weighted by molar-refractivity contribution is -0.112. The third-order valence-electron chi connectivity index (χ3n) is 5.04. The summed E-state index contributed by atoms with van der Waals surface area (Å²) in [5, 5.41) is 3.74. The number of aromatic nitrogens is 1. The van der Waals surface area contributed by atoms with Crippen molar-refractivity contribution in [3.8, 4) is 10.6 Å². The van der Waals surface area contributed by atoms with Crippen molar-refractivity contribution in [3.63, 3.8) is 0 Å². The smallest absolute Gasteiger partial charge is 0.259 e. The van der Waals surface area contributed by atoms with Crippen molar-refractivity contribution in [3.05, 3.63) is 72.0 Å². The Labute approximate surface area is 183 Å². The zero-order valence-electron chi connectivity index (χ0n) is 16.6. The monoisotopic (exact) mass is 450 g/mol.